The summed E-state index contributed by atoms with van der Waals surface area (Å²) in [6.07, 6.45) is 1.14. The van der Waals surface area contributed by atoms with Gasteiger partial charge in [-0.3, -0.25) is 0 Å². The molecule has 2 heteroatoms. The minimum absolute atomic E-state index is 0. The summed E-state index contributed by atoms with van der Waals surface area (Å²) in [6, 6.07) is 64.2. The SMILES string of the molecule is CCC[Si](C)(c1c(-c2ccc(-c3ccccc3)cc2)[cH-]c2ccccc12)c1c(-c2ccc(-c3ccccc3)cc2)[cH-]c2ccccc12.[CH3-].[CH3-].[Hf+4]. The Morgan fingerprint density at radius 3 is 1.12 bits per heavy atom. The zero-order valence-electron chi connectivity index (χ0n) is 29.6. The van der Waals surface area contributed by atoms with Crippen LogP contribution in [0.5, 0.6) is 0 Å². The van der Waals surface area contributed by atoms with Crippen molar-refractivity contribution in [2.24, 2.45) is 0 Å². The van der Waals surface area contributed by atoms with Gasteiger partial charge in [0.05, 0.1) is 0 Å². The molecule has 244 valence electrons. The van der Waals surface area contributed by atoms with Crippen LogP contribution >= 0.6 is 0 Å². The van der Waals surface area contributed by atoms with E-state index in [9.17, 15) is 0 Å². The van der Waals surface area contributed by atoms with E-state index in [0.29, 0.717) is 0 Å². The summed E-state index contributed by atoms with van der Waals surface area (Å²) in [6.45, 7) is 5.01. The second-order valence-electron chi connectivity index (χ2n) is 13.0. The molecule has 0 aliphatic carbocycles. The van der Waals surface area contributed by atoms with Gasteiger partial charge < -0.3 is 14.9 Å². The van der Waals surface area contributed by atoms with Crippen molar-refractivity contribution < 1.29 is 25.8 Å². The Kier molecular flexibility index (Phi) is 11.6. The molecule has 0 saturated carbocycles. The molecule has 0 bridgehead atoms. The molecule has 0 unspecified atom stereocenters. The van der Waals surface area contributed by atoms with Crippen molar-refractivity contribution in [3.63, 3.8) is 0 Å². The van der Waals surface area contributed by atoms with Gasteiger partial charge >= 0.3 is 25.8 Å². The molecule has 0 saturated heterocycles. The third kappa shape index (κ3) is 6.60. The Labute approximate surface area is 319 Å². The van der Waals surface area contributed by atoms with Gasteiger partial charge in [-0.05, 0) is 22.3 Å². The van der Waals surface area contributed by atoms with Gasteiger partial charge in [-0.25, -0.2) is 0 Å². The molecule has 0 radical (unpaired) electrons. The van der Waals surface area contributed by atoms with Crippen LogP contribution in [0.15, 0.2) is 170 Å². The molecule has 0 aliphatic rings. The van der Waals surface area contributed by atoms with E-state index in [1.54, 1.807) is 10.4 Å². The maximum atomic E-state index is 2.64. The van der Waals surface area contributed by atoms with Gasteiger partial charge in [0, 0.05) is 8.07 Å². The second-order valence-corrected chi connectivity index (χ2v) is 17.2. The summed E-state index contributed by atoms with van der Waals surface area (Å²) >= 11 is 0. The van der Waals surface area contributed by atoms with Crippen molar-refractivity contribution in [1.29, 1.82) is 0 Å². The van der Waals surface area contributed by atoms with Gasteiger partial charge in [-0.2, -0.15) is 0 Å². The molecule has 50 heavy (non-hydrogen) atoms. The van der Waals surface area contributed by atoms with E-state index in [0.717, 1.165) is 6.42 Å². The van der Waals surface area contributed by atoms with Crippen LogP contribution < -0.4 is 10.4 Å². The molecule has 0 atom stereocenters. The van der Waals surface area contributed by atoms with Crippen LogP contribution in [-0.2, 0) is 25.8 Å². The summed E-state index contributed by atoms with van der Waals surface area (Å²) in [5.41, 5.74) is 10.4. The summed E-state index contributed by atoms with van der Waals surface area (Å²) in [5, 5.41) is 8.64. The maximum Gasteiger partial charge on any atom is 4.00 e. The predicted molar refractivity (Wildman–Crippen MR) is 220 cm³/mol. The monoisotopic (exact) mass is 828 g/mol. The minimum Gasteiger partial charge on any atom is -0.358 e. The third-order valence-electron chi connectivity index (χ3n) is 10.1. The minimum atomic E-state index is -2.34. The van der Waals surface area contributed by atoms with Gasteiger partial charge in [0.2, 0.25) is 0 Å². The van der Waals surface area contributed by atoms with Crippen LogP contribution in [0.2, 0.25) is 12.6 Å². The molecule has 0 amide bonds. The van der Waals surface area contributed by atoms with Crippen LogP contribution in [0.25, 0.3) is 66.1 Å². The molecular formula is C48H44HfSi. The average Bonchev–Trinajstić information content (AvgIpc) is 3.73. The molecular weight excluding hydrogens is 783 g/mol. The molecule has 0 fully saturated rings. The molecule has 0 spiro atoms. The van der Waals surface area contributed by atoms with E-state index in [-0.39, 0.29) is 40.7 Å². The largest absolute Gasteiger partial charge is 4.00 e. The van der Waals surface area contributed by atoms with Crippen molar-refractivity contribution >= 4 is 40.0 Å². The van der Waals surface area contributed by atoms with Gasteiger partial charge in [-0.15, -0.1) is 67.3 Å². The van der Waals surface area contributed by atoms with E-state index >= 15 is 0 Å². The molecule has 0 nitrogen and oxygen atoms in total. The van der Waals surface area contributed by atoms with Gasteiger partial charge in [-0.1, -0.05) is 183 Å². The molecule has 8 rings (SSSR count). The van der Waals surface area contributed by atoms with Gasteiger partial charge in [0.1, 0.15) is 0 Å². The third-order valence-corrected chi connectivity index (χ3v) is 14.8. The van der Waals surface area contributed by atoms with E-state index in [2.05, 4.69) is 183 Å². The first kappa shape index (κ1) is 36.9. The first-order chi connectivity index (χ1) is 23.1. The summed E-state index contributed by atoms with van der Waals surface area (Å²) in [7, 11) is -2.34. The molecule has 0 N–H and O–H groups in total. The fourth-order valence-corrected chi connectivity index (χ4v) is 12.9. The van der Waals surface area contributed by atoms with E-state index in [1.165, 1.54) is 72.1 Å². The van der Waals surface area contributed by atoms with Crippen molar-refractivity contribution in [1.82, 2.24) is 0 Å². The predicted octanol–water partition coefficient (Wildman–Crippen LogP) is 12.6. The maximum absolute atomic E-state index is 2.64. The Morgan fingerprint density at radius 1 is 0.420 bits per heavy atom. The summed E-state index contributed by atoms with van der Waals surface area (Å²) in [4.78, 5) is 0. The fourth-order valence-electron chi connectivity index (χ4n) is 7.91. The number of hydrogen-bond acceptors (Lipinski definition) is 0. The smallest absolute Gasteiger partial charge is 0.358 e. The standard InChI is InChI=1S/C46H38Si.2CH3.Hf/c1-3-30-47(2,45-41-20-12-10-18-39(41)31-43(45)37-26-22-35(23-27-37)33-14-6-4-7-15-33)46-42-21-13-11-19-40(42)32-44(46)38-28-24-36(25-29-38)34-16-8-5-9-17-34;;;/h4-29,31-32H,3,30H2,1-2H3;2*1H3;/q-2;2*-1;+4. The van der Waals surface area contributed by atoms with Crippen LogP contribution in [0, 0.1) is 14.9 Å². The average molecular weight is 827 g/mol. The van der Waals surface area contributed by atoms with Crippen LogP contribution in [0.4, 0.5) is 0 Å². The van der Waals surface area contributed by atoms with Gasteiger partial charge in [0.25, 0.3) is 0 Å². The van der Waals surface area contributed by atoms with Crippen molar-refractivity contribution in [3.8, 4) is 44.5 Å². The van der Waals surface area contributed by atoms with E-state index in [4.69, 9.17) is 0 Å². The Hall–Kier alpha value is -4.37. The molecule has 0 aliphatic heterocycles. The quantitative estimate of drug-likeness (QED) is 0.106. The van der Waals surface area contributed by atoms with Gasteiger partial charge in [0.15, 0.2) is 0 Å². The van der Waals surface area contributed by atoms with Crippen LogP contribution in [-0.4, -0.2) is 8.07 Å². The number of hydrogen-bond donors (Lipinski definition) is 0. The molecule has 8 aromatic rings. The summed E-state index contributed by atoms with van der Waals surface area (Å²) in [5.74, 6) is 0. The Bertz CT molecular complexity index is 2130. The summed E-state index contributed by atoms with van der Waals surface area (Å²) < 4.78 is 0. The van der Waals surface area contributed by atoms with Crippen molar-refractivity contribution in [2.45, 2.75) is 25.9 Å². The van der Waals surface area contributed by atoms with Crippen molar-refractivity contribution in [3.05, 3.63) is 185 Å². The zero-order chi connectivity index (χ0) is 31.8. The van der Waals surface area contributed by atoms with E-state index < -0.39 is 8.07 Å². The van der Waals surface area contributed by atoms with E-state index in [1.807, 2.05) is 0 Å². The number of rotatable bonds is 8. The topological polar surface area (TPSA) is 0 Å². The fraction of sp³-hybridized carbons (Fsp3) is 0.0833. The first-order valence-corrected chi connectivity index (χ1v) is 19.5. The molecule has 8 aromatic carbocycles. The Balaban J connectivity index is 0.00000162. The Morgan fingerprint density at radius 2 is 0.740 bits per heavy atom. The first-order valence-electron chi connectivity index (χ1n) is 16.8. The zero-order valence-corrected chi connectivity index (χ0v) is 34.2. The van der Waals surface area contributed by atoms with Crippen molar-refractivity contribution in [2.75, 3.05) is 0 Å². The second kappa shape index (κ2) is 15.7. The van der Waals surface area contributed by atoms with Crippen LogP contribution in [0.3, 0.4) is 0 Å². The molecule has 0 aromatic heterocycles. The normalized spacial score (nSPS) is 11.1. The molecule has 0 heterocycles. The van der Waals surface area contributed by atoms with Crippen LogP contribution in [0.1, 0.15) is 13.3 Å². The number of fused-ring (bicyclic) bond motifs is 2. The number of benzene rings is 6.